The zero-order chi connectivity index (χ0) is 12.3. The fourth-order valence-electron chi connectivity index (χ4n) is 1.61. The summed E-state index contributed by atoms with van der Waals surface area (Å²) in [6.45, 7) is 5.30. The van der Waals surface area contributed by atoms with Crippen molar-refractivity contribution < 1.29 is 9.13 Å². The number of ether oxygens (including phenoxy) is 1. The summed E-state index contributed by atoms with van der Waals surface area (Å²) in [5, 5.41) is 3.28. The first-order chi connectivity index (χ1) is 8.34. The SMILES string of the molecule is CCNCCCCCOCc1ccccc1F. The molecule has 1 aromatic carbocycles. The Balaban J connectivity index is 1.99. The molecule has 0 radical (unpaired) electrons. The third kappa shape index (κ3) is 6.39. The number of unbranched alkanes of at least 4 members (excludes halogenated alkanes) is 2. The summed E-state index contributed by atoms with van der Waals surface area (Å²) in [5.41, 5.74) is 0.639. The van der Waals surface area contributed by atoms with E-state index in [0.29, 0.717) is 18.8 Å². The molecule has 3 heteroatoms. The molecule has 1 aromatic rings. The fraction of sp³-hybridized carbons (Fsp3) is 0.571. The van der Waals surface area contributed by atoms with Crippen LogP contribution in [0.3, 0.4) is 0 Å². The topological polar surface area (TPSA) is 21.3 Å². The van der Waals surface area contributed by atoms with E-state index in [9.17, 15) is 4.39 Å². The molecule has 0 fully saturated rings. The molecule has 0 spiro atoms. The summed E-state index contributed by atoms with van der Waals surface area (Å²) in [7, 11) is 0. The van der Waals surface area contributed by atoms with Crippen molar-refractivity contribution in [1.82, 2.24) is 5.32 Å². The molecule has 0 saturated heterocycles. The Kier molecular flexibility index (Phi) is 7.60. The second-order valence-electron chi connectivity index (χ2n) is 4.06. The van der Waals surface area contributed by atoms with E-state index in [2.05, 4.69) is 12.2 Å². The Morgan fingerprint density at radius 1 is 1.18 bits per heavy atom. The predicted octanol–water partition coefficient (Wildman–Crippen LogP) is 3.12. The van der Waals surface area contributed by atoms with Crippen LogP contribution in [0, 0.1) is 5.82 Å². The van der Waals surface area contributed by atoms with Crippen molar-refractivity contribution in [3.63, 3.8) is 0 Å². The second-order valence-corrected chi connectivity index (χ2v) is 4.06. The van der Waals surface area contributed by atoms with Crippen LogP contribution in [0.1, 0.15) is 31.7 Å². The molecular weight excluding hydrogens is 217 g/mol. The van der Waals surface area contributed by atoms with Gasteiger partial charge in [-0.25, -0.2) is 4.39 Å². The maximum Gasteiger partial charge on any atom is 0.128 e. The minimum absolute atomic E-state index is 0.181. The van der Waals surface area contributed by atoms with Gasteiger partial charge in [0.25, 0.3) is 0 Å². The summed E-state index contributed by atoms with van der Waals surface area (Å²) in [6.07, 6.45) is 3.38. The van der Waals surface area contributed by atoms with E-state index >= 15 is 0 Å². The lowest BCUT2D eigenvalue weighted by molar-refractivity contribution is 0.114. The van der Waals surface area contributed by atoms with Gasteiger partial charge in [-0.2, -0.15) is 0 Å². The first-order valence-electron chi connectivity index (χ1n) is 6.36. The molecule has 1 rings (SSSR count). The molecule has 0 atom stereocenters. The van der Waals surface area contributed by atoms with Crippen LogP contribution in [0.2, 0.25) is 0 Å². The molecule has 0 aliphatic heterocycles. The Bertz CT molecular complexity index is 304. The van der Waals surface area contributed by atoms with E-state index in [1.54, 1.807) is 12.1 Å². The molecule has 1 N–H and O–H groups in total. The van der Waals surface area contributed by atoms with Crippen molar-refractivity contribution in [2.75, 3.05) is 19.7 Å². The van der Waals surface area contributed by atoms with Crippen molar-refractivity contribution in [3.05, 3.63) is 35.6 Å². The van der Waals surface area contributed by atoms with Gasteiger partial charge in [0.1, 0.15) is 5.82 Å². The number of rotatable bonds is 9. The second kappa shape index (κ2) is 9.14. The van der Waals surface area contributed by atoms with Gasteiger partial charge in [0, 0.05) is 12.2 Å². The average molecular weight is 239 g/mol. The zero-order valence-electron chi connectivity index (χ0n) is 10.5. The standard InChI is InChI=1S/C14H22FNO/c1-2-16-10-6-3-7-11-17-12-13-8-4-5-9-14(13)15/h4-5,8-9,16H,2-3,6-7,10-12H2,1H3. The quantitative estimate of drug-likeness (QED) is 0.668. The van der Waals surface area contributed by atoms with Crippen molar-refractivity contribution in [1.29, 1.82) is 0 Å². The van der Waals surface area contributed by atoms with E-state index in [1.807, 2.05) is 6.07 Å². The van der Waals surface area contributed by atoms with E-state index < -0.39 is 0 Å². The van der Waals surface area contributed by atoms with Crippen LogP contribution >= 0.6 is 0 Å². The molecule has 2 nitrogen and oxygen atoms in total. The lowest BCUT2D eigenvalue weighted by Gasteiger charge is -2.05. The third-order valence-electron chi connectivity index (χ3n) is 2.61. The summed E-state index contributed by atoms with van der Waals surface area (Å²) in [4.78, 5) is 0. The van der Waals surface area contributed by atoms with Gasteiger partial charge < -0.3 is 10.1 Å². The fourth-order valence-corrected chi connectivity index (χ4v) is 1.61. The molecule has 0 heterocycles. The van der Waals surface area contributed by atoms with Crippen molar-refractivity contribution in [2.45, 2.75) is 32.8 Å². The van der Waals surface area contributed by atoms with Gasteiger partial charge >= 0.3 is 0 Å². The van der Waals surface area contributed by atoms with Crippen LogP contribution in [0.5, 0.6) is 0 Å². The molecular formula is C14H22FNO. The average Bonchev–Trinajstić information content (AvgIpc) is 2.35. The maximum atomic E-state index is 13.2. The molecule has 0 aromatic heterocycles. The number of nitrogens with one attached hydrogen (secondary N) is 1. The molecule has 17 heavy (non-hydrogen) atoms. The Morgan fingerprint density at radius 2 is 2.00 bits per heavy atom. The van der Waals surface area contributed by atoms with E-state index in [0.717, 1.165) is 25.9 Å². The summed E-state index contributed by atoms with van der Waals surface area (Å²) >= 11 is 0. The third-order valence-corrected chi connectivity index (χ3v) is 2.61. The monoisotopic (exact) mass is 239 g/mol. The molecule has 0 amide bonds. The van der Waals surface area contributed by atoms with Gasteiger partial charge in [0.2, 0.25) is 0 Å². The summed E-state index contributed by atoms with van der Waals surface area (Å²) in [6, 6.07) is 6.76. The molecule has 0 bridgehead atoms. The van der Waals surface area contributed by atoms with Gasteiger partial charge in [0.15, 0.2) is 0 Å². The first kappa shape index (κ1) is 14.1. The minimum Gasteiger partial charge on any atom is -0.377 e. The molecule has 0 unspecified atom stereocenters. The largest absolute Gasteiger partial charge is 0.377 e. The Morgan fingerprint density at radius 3 is 2.76 bits per heavy atom. The van der Waals surface area contributed by atoms with Gasteiger partial charge in [-0.05, 0) is 38.4 Å². The normalized spacial score (nSPS) is 10.7. The molecule has 0 saturated carbocycles. The van der Waals surface area contributed by atoms with Crippen LogP contribution in [-0.4, -0.2) is 19.7 Å². The molecule has 0 aliphatic carbocycles. The van der Waals surface area contributed by atoms with Gasteiger partial charge in [-0.3, -0.25) is 0 Å². The summed E-state index contributed by atoms with van der Waals surface area (Å²) < 4.78 is 18.7. The van der Waals surface area contributed by atoms with Gasteiger partial charge in [-0.1, -0.05) is 25.1 Å². The van der Waals surface area contributed by atoms with Gasteiger partial charge in [0.05, 0.1) is 6.61 Å². The van der Waals surface area contributed by atoms with Crippen molar-refractivity contribution in [2.24, 2.45) is 0 Å². The maximum absolute atomic E-state index is 13.2. The van der Waals surface area contributed by atoms with E-state index in [1.165, 1.54) is 12.5 Å². The minimum atomic E-state index is -0.181. The van der Waals surface area contributed by atoms with Crippen molar-refractivity contribution in [3.8, 4) is 0 Å². The van der Waals surface area contributed by atoms with Crippen LogP contribution in [0.25, 0.3) is 0 Å². The summed E-state index contributed by atoms with van der Waals surface area (Å²) in [5.74, 6) is -0.181. The number of halogens is 1. The highest BCUT2D eigenvalue weighted by molar-refractivity contribution is 5.16. The number of hydrogen-bond acceptors (Lipinski definition) is 2. The lowest BCUT2D eigenvalue weighted by atomic mass is 10.2. The lowest BCUT2D eigenvalue weighted by Crippen LogP contribution is -2.13. The van der Waals surface area contributed by atoms with E-state index in [4.69, 9.17) is 4.74 Å². The van der Waals surface area contributed by atoms with Crippen LogP contribution in [0.4, 0.5) is 4.39 Å². The highest BCUT2D eigenvalue weighted by atomic mass is 19.1. The highest BCUT2D eigenvalue weighted by Crippen LogP contribution is 2.08. The Labute approximate surface area is 103 Å². The van der Waals surface area contributed by atoms with E-state index in [-0.39, 0.29) is 5.82 Å². The highest BCUT2D eigenvalue weighted by Gasteiger charge is 1.99. The van der Waals surface area contributed by atoms with Gasteiger partial charge in [-0.15, -0.1) is 0 Å². The number of benzene rings is 1. The molecule has 96 valence electrons. The van der Waals surface area contributed by atoms with Crippen molar-refractivity contribution >= 4 is 0 Å². The van der Waals surface area contributed by atoms with Crippen LogP contribution in [-0.2, 0) is 11.3 Å². The molecule has 0 aliphatic rings. The smallest absolute Gasteiger partial charge is 0.128 e. The predicted molar refractivity (Wildman–Crippen MR) is 68.5 cm³/mol. The number of hydrogen-bond donors (Lipinski definition) is 1. The van der Waals surface area contributed by atoms with Crippen LogP contribution in [0.15, 0.2) is 24.3 Å². The van der Waals surface area contributed by atoms with Crippen LogP contribution < -0.4 is 5.32 Å². The first-order valence-corrected chi connectivity index (χ1v) is 6.36. The zero-order valence-corrected chi connectivity index (χ0v) is 10.5. The Hall–Kier alpha value is -0.930.